The van der Waals surface area contributed by atoms with Crippen LogP contribution in [-0.4, -0.2) is 61.2 Å². The monoisotopic (exact) mass is 258 g/mol. The van der Waals surface area contributed by atoms with E-state index in [0.717, 1.165) is 45.0 Å². The largest absolute Gasteiger partial charge is 0.377 e. The maximum atomic E-state index is 11.9. The molecule has 0 aromatic heterocycles. The first-order valence-corrected chi connectivity index (χ1v) is 7.69. The first-order valence-electron chi connectivity index (χ1n) is 6.54. The Morgan fingerprint density at radius 1 is 1.35 bits per heavy atom. The summed E-state index contributed by atoms with van der Waals surface area (Å²) in [6, 6.07) is 0. The lowest BCUT2D eigenvalue weighted by Gasteiger charge is -2.27. The number of ether oxygens (including phenoxy) is 1. The average Bonchev–Trinajstić information content (AvgIpc) is 2.41. The predicted octanol–water partition coefficient (Wildman–Crippen LogP) is 0.721. The van der Waals surface area contributed by atoms with Crippen molar-refractivity contribution in [1.29, 1.82) is 0 Å². The summed E-state index contributed by atoms with van der Waals surface area (Å²) in [5.74, 6) is 1.87. The highest BCUT2D eigenvalue weighted by molar-refractivity contribution is 7.99. The van der Waals surface area contributed by atoms with Crippen molar-refractivity contribution in [2.24, 2.45) is 0 Å². The van der Waals surface area contributed by atoms with E-state index in [9.17, 15) is 4.79 Å². The van der Waals surface area contributed by atoms with Crippen molar-refractivity contribution in [2.45, 2.75) is 25.4 Å². The highest BCUT2D eigenvalue weighted by Gasteiger charge is 2.18. The van der Waals surface area contributed by atoms with Gasteiger partial charge in [-0.1, -0.05) is 0 Å². The first kappa shape index (κ1) is 13.2. The van der Waals surface area contributed by atoms with Crippen LogP contribution < -0.4 is 5.32 Å². The molecule has 5 heteroatoms. The molecule has 17 heavy (non-hydrogen) atoms. The second-order valence-electron chi connectivity index (χ2n) is 4.63. The number of thioether (sulfide) groups is 1. The van der Waals surface area contributed by atoms with Gasteiger partial charge in [0.2, 0.25) is 5.91 Å². The lowest BCUT2D eigenvalue weighted by Crippen LogP contribution is -2.47. The SMILES string of the molecule is O=C(CSCC1CCCCO1)N1CCNCC1. The molecule has 2 heterocycles. The predicted molar refractivity (Wildman–Crippen MR) is 70.4 cm³/mol. The third-order valence-electron chi connectivity index (χ3n) is 3.27. The minimum Gasteiger partial charge on any atom is -0.377 e. The number of piperazine rings is 1. The zero-order valence-corrected chi connectivity index (χ0v) is 11.1. The molecule has 1 N–H and O–H groups in total. The number of nitrogens with zero attached hydrogens (tertiary/aromatic N) is 1. The summed E-state index contributed by atoms with van der Waals surface area (Å²) in [5, 5.41) is 3.26. The van der Waals surface area contributed by atoms with E-state index in [1.165, 1.54) is 12.8 Å². The maximum absolute atomic E-state index is 11.9. The molecule has 1 amide bonds. The Balaban J connectivity index is 1.58. The lowest BCUT2D eigenvalue weighted by atomic mass is 10.1. The molecule has 2 aliphatic rings. The van der Waals surface area contributed by atoms with Crippen LogP contribution in [0.25, 0.3) is 0 Å². The number of carbonyl (C=O) groups is 1. The van der Waals surface area contributed by atoms with Gasteiger partial charge in [0.05, 0.1) is 11.9 Å². The Kier molecular flexibility index (Phi) is 5.61. The molecule has 2 fully saturated rings. The Labute approximate surface area is 107 Å². The number of amides is 1. The summed E-state index contributed by atoms with van der Waals surface area (Å²) < 4.78 is 5.65. The zero-order valence-electron chi connectivity index (χ0n) is 10.3. The molecular weight excluding hydrogens is 236 g/mol. The molecule has 98 valence electrons. The van der Waals surface area contributed by atoms with E-state index in [0.29, 0.717) is 11.9 Å². The summed E-state index contributed by atoms with van der Waals surface area (Å²) in [7, 11) is 0. The van der Waals surface area contributed by atoms with E-state index in [2.05, 4.69) is 5.32 Å². The van der Waals surface area contributed by atoms with Crippen LogP contribution in [0.15, 0.2) is 0 Å². The summed E-state index contributed by atoms with van der Waals surface area (Å²) in [5.41, 5.74) is 0. The van der Waals surface area contributed by atoms with E-state index in [1.54, 1.807) is 11.8 Å². The minimum atomic E-state index is 0.285. The van der Waals surface area contributed by atoms with Crippen LogP contribution in [-0.2, 0) is 9.53 Å². The molecule has 0 aromatic carbocycles. The molecule has 0 radical (unpaired) electrons. The normalized spacial score (nSPS) is 25.9. The van der Waals surface area contributed by atoms with Gasteiger partial charge in [-0.2, -0.15) is 0 Å². The second-order valence-corrected chi connectivity index (χ2v) is 5.66. The van der Waals surface area contributed by atoms with Crippen LogP contribution in [0.2, 0.25) is 0 Å². The van der Waals surface area contributed by atoms with Crippen molar-refractivity contribution in [3.63, 3.8) is 0 Å². The van der Waals surface area contributed by atoms with E-state index in [4.69, 9.17) is 4.74 Å². The van der Waals surface area contributed by atoms with Crippen LogP contribution in [0.1, 0.15) is 19.3 Å². The van der Waals surface area contributed by atoms with Crippen molar-refractivity contribution in [1.82, 2.24) is 10.2 Å². The van der Waals surface area contributed by atoms with E-state index in [1.807, 2.05) is 4.90 Å². The van der Waals surface area contributed by atoms with Gasteiger partial charge in [0, 0.05) is 38.5 Å². The number of carbonyl (C=O) groups excluding carboxylic acids is 1. The Hall–Kier alpha value is -0.260. The number of rotatable bonds is 4. The third kappa shape index (κ3) is 4.48. The maximum Gasteiger partial charge on any atom is 0.232 e. The molecule has 2 saturated heterocycles. The zero-order chi connectivity index (χ0) is 11.9. The Morgan fingerprint density at radius 3 is 2.88 bits per heavy atom. The molecule has 2 aliphatic heterocycles. The molecule has 4 nitrogen and oxygen atoms in total. The van der Waals surface area contributed by atoms with Crippen molar-refractivity contribution in [3.05, 3.63) is 0 Å². The standard InChI is InChI=1S/C12H22N2O2S/c15-12(14-6-4-13-5-7-14)10-17-9-11-3-1-2-8-16-11/h11,13H,1-10H2. The molecule has 1 atom stereocenters. The fourth-order valence-corrected chi connectivity index (χ4v) is 3.22. The van der Waals surface area contributed by atoms with Gasteiger partial charge in [0.15, 0.2) is 0 Å². The first-order chi connectivity index (χ1) is 8.36. The summed E-state index contributed by atoms with van der Waals surface area (Å²) >= 11 is 1.72. The number of hydrogen-bond donors (Lipinski definition) is 1. The molecule has 0 aliphatic carbocycles. The minimum absolute atomic E-state index is 0.285. The fraction of sp³-hybridized carbons (Fsp3) is 0.917. The Bertz CT molecular complexity index is 239. The second kappa shape index (κ2) is 7.24. The summed E-state index contributed by atoms with van der Waals surface area (Å²) in [6.45, 7) is 4.49. The Morgan fingerprint density at radius 2 is 2.18 bits per heavy atom. The van der Waals surface area contributed by atoms with Crippen LogP contribution >= 0.6 is 11.8 Å². The quantitative estimate of drug-likeness (QED) is 0.807. The van der Waals surface area contributed by atoms with Crippen LogP contribution in [0.4, 0.5) is 0 Å². The van der Waals surface area contributed by atoms with Crippen LogP contribution in [0, 0.1) is 0 Å². The van der Waals surface area contributed by atoms with E-state index in [-0.39, 0.29) is 5.91 Å². The van der Waals surface area contributed by atoms with Gasteiger partial charge >= 0.3 is 0 Å². The van der Waals surface area contributed by atoms with Gasteiger partial charge in [-0.15, -0.1) is 11.8 Å². The molecule has 0 bridgehead atoms. The highest BCUT2D eigenvalue weighted by Crippen LogP contribution is 2.17. The summed E-state index contributed by atoms with van der Waals surface area (Å²) in [6.07, 6.45) is 4.01. The molecule has 0 aromatic rings. The molecule has 0 saturated carbocycles. The van der Waals surface area contributed by atoms with Gasteiger partial charge in [0.25, 0.3) is 0 Å². The van der Waals surface area contributed by atoms with E-state index < -0.39 is 0 Å². The average molecular weight is 258 g/mol. The number of hydrogen-bond acceptors (Lipinski definition) is 4. The topological polar surface area (TPSA) is 41.6 Å². The van der Waals surface area contributed by atoms with Gasteiger partial charge in [-0.05, 0) is 19.3 Å². The van der Waals surface area contributed by atoms with Crippen molar-refractivity contribution in [3.8, 4) is 0 Å². The molecule has 2 rings (SSSR count). The van der Waals surface area contributed by atoms with E-state index >= 15 is 0 Å². The smallest absolute Gasteiger partial charge is 0.232 e. The van der Waals surface area contributed by atoms with Gasteiger partial charge < -0.3 is 15.0 Å². The molecular formula is C12H22N2O2S. The third-order valence-corrected chi connectivity index (χ3v) is 4.33. The lowest BCUT2D eigenvalue weighted by molar-refractivity contribution is -0.128. The van der Waals surface area contributed by atoms with Crippen molar-refractivity contribution < 1.29 is 9.53 Å². The van der Waals surface area contributed by atoms with Gasteiger partial charge in [-0.25, -0.2) is 0 Å². The highest BCUT2D eigenvalue weighted by atomic mass is 32.2. The van der Waals surface area contributed by atoms with Crippen LogP contribution in [0.3, 0.4) is 0 Å². The number of nitrogens with one attached hydrogen (secondary N) is 1. The van der Waals surface area contributed by atoms with Crippen molar-refractivity contribution in [2.75, 3.05) is 44.3 Å². The van der Waals surface area contributed by atoms with Crippen molar-refractivity contribution >= 4 is 17.7 Å². The summed E-state index contributed by atoms with van der Waals surface area (Å²) in [4.78, 5) is 13.8. The van der Waals surface area contributed by atoms with Gasteiger partial charge in [-0.3, -0.25) is 4.79 Å². The molecule has 0 spiro atoms. The fourth-order valence-electron chi connectivity index (χ4n) is 2.22. The van der Waals surface area contributed by atoms with Gasteiger partial charge in [0.1, 0.15) is 0 Å². The van der Waals surface area contributed by atoms with Crippen LogP contribution in [0.5, 0.6) is 0 Å². The molecule has 1 unspecified atom stereocenters.